The molecule has 0 radical (unpaired) electrons. The molecule has 0 amide bonds. The highest BCUT2D eigenvalue weighted by Gasteiger charge is 2.34. The van der Waals surface area contributed by atoms with Crippen LogP contribution in [0.25, 0.3) is 0 Å². The van der Waals surface area contributed by atoms with Gasteiger partial charge in [-0.15, -0.1) is 0 Å². The van der Waals surface area contributed by atoms with Crippen molar-refractivity contribution in [3.05, 3.63) is 71.3 Å². The summed E-state index contributed by atoms with van der Waals surface area (Å²) < 4.78 is 5.62. The van der Waals surface area contributed by atoms with Crippen molar-refractivity contribution in [3.63, 3.8) is 0 Å². The molecule has 0 atom stereocenters. The summed E-state index contributed by atoms with van der Waals surface area (Å²) in [6, 6.07) is 19.4. The van der Waals surface area contributed by atoms with E-state index in [2.05, 4.69) is 77.1 Å². The fourth-order valence-electron chi connectivity index (χ4n) is 3.49. The molecule has 1 fully saturated rings. The van der Waals surface area contributed by atoms with Crippen LogP contribution in [0.5, 0.6) is 0 Å². The highest BCUT2D eigenvalue weighted by molar-refractivity contribution is 5.79. The van der Waals surface area contributed by atoms with Crippen molar-refractivity contribution in [2.45, 2.75) is 31.7 Å². The number of aliphatic imine (C=N–C) groups is 1. The predicted octanol–water partition coefficient (Wildman–Crippen LogP) is 3.41. The Morgan fingerprint density at radius 3 is 2.35 bits per heavy atom. The Kier molecular flexibility index (Phi) is 6.29. The van der Waals surface area contributed by atoms with E-state index in [0.29, 0.717) is 0 Å². The van der Waals surface area contributed by atoms with Gasteiger partial charge in [0.05, 0.1) is 0 Å². The summed E-state index contributed by atoms with van der Waals surface area (Å²) in [6.45, 7) is 5.35. The molecule has 138 valence electrons. The van der Waals surface area contributed by atoms with E-state index in [0.717, 1.165) is 45.1 Å². The topological polar surface area (TPSA) is 45.7 Å². The fourth-order valence-corrected chi connectivity index (χ4v) is 3.49. The van der Waals surface area contributed by atoms with Gasteiger partial charge in [-0.25, -0.2) is 0 Å². The summed E-state index contributed by atoms with van der Waals surface area (Å²) in [7, 11) is 1.82. The Labute approximate surface area is 156 Å². The lowest BCUT2D eigenvalue weighted by Gasteiger charge is -2.38. The number of hydrogen-bond acceptors (Lipinski definition) is 2. The molecule has 0 bridgehead atoms. The molecular weight excluding hydrogens is 322 g/mol. The van der Waals surface area contributed by atoms with Crippen LogP contribution in [0.15, 0.2) is 59.6 Å². The van der Waals surface area contributed by atoms with Crippen LogP contribution < -0.4 is 10.6 Å². The first-order valence-electron chi connectivity index (χ1n) is 9.35. The minimum absolute atomic E-state index is 0.0982. The lowest BCUT2D eigenvalue weighted by atomic mass is 9.74. The first kappa shape index (κ1) is 18.5. The van der Waals surface area contributed by atoms with Crippen LogP contribution >= 0.6 is 0 Å². The quantitative estimate of drug-likeness (QED) is 0.641. The molecule has 0 aromatic heterocycles. The molecule has 1 saturated heterocycles. The summed E-state index contributed by atoms with van der Waals surface area (Å²) in [5.41, 5.74) is 4.01. The van der Waals surface area contributed by atoms with Gasteiger partial charge in [0.1, 0.15) is 0 Å². The third kappa shape index (κ3) is 4.64. The van der Waals surface area contributed by atoms with Gasteiger partial charge < -0.3 is 15.4 Å². The molecule has 1 heterocycles. The molecule has 0 spiro atoms. The van der Waals surface area contributed by atoms with Crippen molar-refractivity contribution < 1.29 is 4.74 Å². The van der Waals surface area contributed by atoms with Gasteiger partial charge in [-0.05, 0) is 30.9 Å². The molecule has 4 heteroatoms. The Hall–Kier alpha value is -2.33. The second kappa shape index (κ2) is 8.86. The lowest BCUT2D eigenvalue weighted by molar-refractivity contribution is 0.0514. The Morgan fingerprint density at radius 1 is 1.00 bits per heavy atom. The maximum Gasteiger partial charge on any atom is 0.191 e. The van der Waals surface area contributed by atoms with E-state index in [4.69, 9.17) is 4.74 Å². The maximum atomic E-state index is 5.62. The molecule has 2 aromatic rings. The summed E-state index contributed by atoms with van der Waals surface area (Å²) in [4.78, 5) is 4.39. The summed E-state index contributed by atoms with van der Waals surface area (Å²) >= 11 is 0. The molecule has 2 N–H and O–H groups in total. The van der Waals surface area contributed by atoms with Gasteiger partial charge in [-0.2, -0.15) is 0 Å². The zero-order valence-electron chi connectivity index (χ0n) is 15.8. The zero-order chi connectivity index (χ0) is 18.2. The van der Waals surface area contributed by atoms with E-state index in [1.807, 2.05) is 7.05 Å². The molecule has 3 rings (SSSR count). The Bertz CT molecular complexity index is 704. The maximum absolute atomic E-state index is 5.62. The fraction of sp³-hybridized carbons (Fsp3) is 0.409. The van der Waals surface area contributed by atoms with E-state index in [1.54, 1.807) is 0 Å². The van der Waals surface area contributed by atoms with Crippen molar-refractivity contribution in [3.8, 4) is 0 Å². The average molecular weight is 351 g/mol. The van der Waals surface area contributed by atoms with Crippen LogP contribution in [0.2, 0.25) is 0 Å². The van der Waals surface area contributed by atoms with Gasteiger partial charge in [0.25, 0.3) is 0 Å². The number of nitrogens with zero attached hydrogens (tertiary/aromatic N) is 1. The highest BCUT2D eigenvalue weighted by Crippen LogP contribution is 2.34. The predicted molar refractivity (Wildman–Crippen MR) is 108 cm³/mol. The van der Waals surface area contributed by atoms with Crippen LogP contribution in [-0.2, 0) is 16.7 Å². The summed E-state index contributed by atoms with van der Waals surface area (Å²) in [5, 5.41) is 6.96. The van der Waals surface area contributed by atoms with E-state index < -0.39 is 0 Å². The van der Waals surface area contributed by atoms with Crippen LogP contribution in [0.1, 0.15) is 29.5 Å². The molecule has 1 aliphatic heterocycles. The molecular formula is C22H29N3O. The zero-order valence-corrected chi connectivity index (χ0v) is 15.8. The van der Waals surface area contributed by atoms with Gasteiger partial charge >= 0.3 is 0 Å². The molecule has 0 aliphatic carbocycles. The average Bonchev–Trinajstić information content (AvgIpc) is 2.71. The van der Waals surface area contributed by atoms with E-state index in [1.165, 1.54) is 16.7 Å². The summed E-state index contributed by atoms with van der Waals surface area (Å²) in [5.74, 6) is 0.840. The first-order valence-corrected chi connectivity index (χ1v) is 9.35. The molecule has 4 nitrogen and oxygen atoms in total. The molecule has 0 saturated carbocycles. The van der Waals surface area contributed by atoms with E-state index in [-0.39, 0.29) is 5.41 Å². The monoisotopic (exact) mass is 351 g/mol. The van der Waals surface area contributed by atoms with Crippen molar-refractivity contribution in [1.29, 1.82) is 0 Å². The standard InChI is InChI=1S/C22H29N3O/c1-18-8-10-19(11-9-18)16-24-21(23-2)25-17-22(12-14-26-15-13-22)20-6-4-3-5-7-20/h3-11H,12-17H2,1-2H3,(H2,23,24,25). The number of ether oxygens (including phenoxy) is 1. The highest BCUT2D eigenvalue weighted by atomic mass is 16.5. The van der Waals surface area contributed by atoms with Crippen molar-refractivity contribution in [1.82, 2.24) is 10.6 Å². The van der Waals surface area contributed by atoms with Crippen molar-refractivity contribution >= 4 is 5.96 Å². The van der Waals surface area contributed by atoms with Gasteiger partial charge in [0.2, 0.25) is 0 Å². The largest absolute Gasteiger partial charge is 0.381 e. The number of hydrogen-bond donors (Lipinski definition) is 2. The molecule has 2 aromatic carbocycles. The molecule has 26 heavy (non-hydrogen) atoms. The number of benzene rings is 2. The van der Waals surface area contributed by atoms with E-state index in [9.17, 15) is 0 Å². The van der Waals surface area contributed by atoms with Gasteiger partial charge in [0.15, 0.2) is 5.96 Å². The lowest BCUT2D eigenvalue weighted by Crippen LogP contribution is -2.47. The summed E-state index contributed by atoms with van der Waals surface area (Å²) in [6.07, 6.45) is 2.05. The second-order valence-electron chi connectivity index (χ2n) is 7.02. The Morgan fingerprint density at radius 2 is 1.69 bits per heavy atom. The minimum Gasteiger partial charge on any atom is -0.381 e. The van der Waals surface area contributed by atoms with Crippen LogP contribution in [0, 0.1) is 6.92 Å². The van der Waals surface area contributed by atoms with Crippen LogP contribution in [0.3, 0.4) is 0 Å². The normalized spacial score (nSPS) is 16.9. The number of nitrogens with one attached hydrogen (secondary N) is 2. The third-order valence-corrected chi connectivity index (χ3v) is 5.23. The van der Waals surface area contributed by atoms with Crippen LogP contribution in [0.4, 0.5) is 0 Å². The number of aryl methyl sites for hydroxylation is 1. The van der Waals surface area contributed by atoms with Gasteiger partial charge in [0, 0.05) is 38.8 Å². The van der Waals surface area contributed by atoms with Crippen LogP contribution in [-0.4, -0.2) is 32.8 Å². The second-order valence-corrected chi connectivity index (χ2v) is 7.02. The number of guanidine groups is 1. The first-order chi connectivity index (χ1) is 12.7. The van der Waals surface area contributed by atoms with Crippen molar-refractivity contribution in [2.75, 3.05) is 26.8 Å². The van der Waals surface area contributed by atoms with Crippen molar-refractivity contribution in [2.24, 2.45) is 4.99 Å². The third-order valence-electron chi connectivity index (χ3n) is 5.23. The molecule has 0 unspecified atom stereocenters. The van der Waals surface area contributed by atoms with Gasteiger partial charge in [-0.3, -0.25) is 4.99 Å². The smallest absolute Gasteiger partial charge is 0.191 e. The SMILES string of the molecule is CN=C(NCc1ccc(C)cc1)NCC1(c2ccccc2)CCOCC1. The minimum atomic E-state index is 0.0982. The Balaban J connectivity index is 1.62. The van der Waals surface area contributed by atoms with Gasteiger partial charge in [-0.1, -0.05) is 60.2 Å². The number of rotatable bonds is 5. The molecule has 1 aliphatic rings. The van der Waals surface area contributed by atoms with E-state index >= 15 is 0 Å².